The van der Waals surface area contributed by atoms with Crippen molar-refractivity contribution in [3.05, 3.63) is 24.3 Å². The molecule has 1 N–H and O–H groups in total. The lowest BCUT2D eigenvalue weighted by molar-refractivity contribution is -0.187. The Kier molecular flexibility index (Phi) is 7.76. The van der Waals surface area contributed by atoms with Gasteiger partial charge in [0.2, 0.25) is 0 Å². The number of rotatable bonds is 7. The average molecular weight is 505 g/mol. The van der Waals surface area contributed by atoms with Crippen LogP contribution in [0.5, 0.6) is 0 Å². The van der Waals surface area contributed by atoms with Crippen LogP contribution in [-0.2, 0) is 28.5 Å². The summed E-state index contributed by atoms with van der Waals surface area (Å²) in [6, 6.07) is 0. The lowest BCUT2D eigenvalue weighted by Gasteiger charge is -2.58. The van der Waals surface area contributed by atoms with Gasteiger partial charge < -0.3 is 24.1 Å². The lowest BCUT2D eigenvalue weighted by atomic mass is 9.47. The predicted octanol–water partition coefficient (Wildman–Crippen LogP) is 4.72. The van der Waals surface area contributed by atoms with Crippen molar-refractivity contribution in [3.63, 3.8) is 0 Å². The Bertz CT molecular complexity index is 898. The zero-order valence-corrected chi connectivity index (χ0v) is 22.6. The van der Waals surface area contributed by atoms with E-state index in [1.165, 1.54) is 45.1 Å². The molecule has 7 nitrogen and oxygen atoms in total. The van der Waals surface area contributed by atoms with E-state index in [9.17, 15) is 14.7 Å². The molecule has 0 amide bonds. The van der Waals surface area contributed by atoms with Crippen LogP contribution in [0.4, 0.5) is 0 Å². The molecule has 9 atom stereocenters. The van der Waals surface area contributed by atoms with Crippen molar-refractivity contribution in [1.29, 1.82) is 0 Å². The molecule has 1 aliphatic heterocycles. The fourth-order valence-electron chi connectivity index (χ4n) is 7.35. The lowest BCUT2D eigenvalue weighted by Crippen LogP contribution is -2.50. The molecule has 0 unspecified atom stereocenters. The van der Waals surface area contributed by atoms with E-state index in [2.05, 4.69) is 39.5 Å². The molecule has 0 aromatic rings. The minimum absolute atomic E-state index is 0.113. The van der Waals surface area contributed by atoms with E-state index in [-0.39, 0.29) is 22.9 Å². The Morgan fingerprint density at radius 2 is 1.94 bits per heavy atom. The van der Waals surface area contributed by atoms with E-state index in [0.29, 0.717) is 18.4 Å². The van der Waals surface area contributed by atoms with Gasteiger partial charge in [-0.15, -0.1) is 6.58 Å². The number of hydrogen-bond donors (Lipinski definition) is 1. The highest BCUT2D eigenvalue weighted by atomic mass is 16.7. The maximum atomic E-state index is 11.6. The molecule has 0 radical (unpaired) electrons. The van der Waals surface area contributed by atoms with Gasteiger partial charge in [-0.2, -0.15) is 0 Å². The third kappa shape index (κ3) is 5.16. The fourth-order valence-corrected chi connectivity index (χ4v) is 7.35. The summed E-state index contributed by atoms with van der Waals surface area (Å²) in [6.07, 6.45) is 8.85. The van der Waals surface area contributed by atoms with Crippen LogP contribution in [-0.4, -0.2) is 54.9 Å². The molecule has 1 heterocycles. The molecule has 2 saturated carbocycles. The summed E-state index contributed by atoms with van der Waals surface area (Å²) in [4.78, 5) is 22.9. The molecule has 3 fully saturated rings. The second kappa shape index (κ2) is 10.2. The Labute approximate surface area is 215 Å². The van der Waals surface area contributed by atoms with Crippen molar-refractivity contribution in [2.75, 3.05) is 13.2 Å². The fraction of sp³-hybridized carbons (Fsp3) is 0.793. The first kappa shape index (κ1) is 27.3. The van der Waals surface area contributed by atoms with Gasteiger partial charge in [0.25, 0.3) is 0 Å². The summed E-state index contributed by atoms with van der Waals surface area (Å²) in [5, 5.41) is 10.9. The Morgan fingerprint density at radius 1 is 1.19 bits per heavy atom. The standard InChI is InChI=1S/C29H44O7/c1-7-27(4)13-14-29(6)20(15-27)10-11-21-22(29)9-8-12-28(21,5)17-34-26-24(32)25(35-19(3)31)23(36-26)16-33-18(2)30/h7,11,20,22-26,32H,1,8-10,12-17H2,2-6H3/t20-,22-,23-,24+,25-,26+,27-,28+,29-/m0/s1. The molecule has 202 valence electrons. The molecule has 0 aromatic carbocycles. The first-order chi connectivity index (χ1) is 16.9. The van der Waals surface area contributed by atoms with E-state index in [4.69, 9.17) is 18.9 Å². The number of carbonyl (C=O) groups is 2. The Hall–Kier alpha value is -1.70. The number of esters is 2. The quantitative estimate of drug-likeness (QED) is 0.396. The van der Waals surface area contributed by atoms with Gasteiger partial charge in [0.1, 0.15) is 18.8 Å². The summed E-state index contributed by atoms with van der Waals surface area (Å²) in [5.74, 6) is 0.200. The third-order valence-corrected chi connectivity index (χ3v) is 9.69. The SMILES string of the molecule is C=C[C@@]1(C)CC[C@@]2(C)[C@@H](CC=C3[C@@H]2CCC[C@]3(C)CO[C@@H]2O[C@@H](COC(C)=O)[C@H](OC(C)=O)[C@H]2O)C1. The first-order valence-corrected chi connectivity index (χ1v) is 13.5. The zero-order chi connectivity index (χ0) is 26.3. The van der Waals surface area contributed by atoms with Gasteiger partial charge in [-0.25, -0.2) is 0 Å². The normalized spacial score (nSPS) is 44.1. The molecular weight excluding hydrogens is 460 g/mol. The second-order valence-electron chi connectivity index (χ2n) is 12.4. The maximum absolute atomic E-state index is 11.6. The van der Waals surface area contributed by atoms with Crippen molar-refractivity contribution < 1.29 is 33.6 Å². The van der Waals surface area contributed by atoms with Crippen LogP contribution in [0.1, 0.15) is 79.6 Å². The summed E-state index contributed by atoms with van der Waals surface area (Å²) in [6.45, 7) is 14.1. The number of ether oxygens (including phenoxy) is 4. The molecule has 4 aliphatic rings. The topological polar surface area (TPSA) is 91.3 Å². The summed E-state index contributed by atoms with van der Waals surface area (Å²) < 4.78 is 22.5. The molecule has 36 heavy (non-hydrogen) atoms. The van der Waals surface area contributed by atoms with Crippen molar-refractivity contribution >= 4 is 11.9 Å². The van der Waals surface area contributed by atoms with Crippen molar-refractivity contribution in [2.24, 2.45) is 28.1 Å². The number of carbonyl (C=O) groups excluding carboxylic acids is 2. The number of allylic oxidation sites excluding steroid dienone is 2. The Balaban J connectivity index is 1.47. The van der Waals surface area contributed by atoms with Crippen molar-refractivity contribution in [2.45, 2.75) is 104 Å². The van der Waals surface area contributed by atoms with E-state index >= 15 is 0 Å². The summed E-state index contributed by atoms with van der Waals surface area (Å²) >= 11 is 0. The second-order valence-corrected chi connectivity index (χ2v) is 12.4. The van der Waals surface area contributed by atoms with Gasteiger partial charge in [0.15, 0.2) is 12.4 Å². The van der Waals surface area contributed by atoms with Gasteiger partial charge in [0, 0.05) is 19.3 Å². The van der Waals surface area contributed by atoms with E-state index in [1.54, 1.807) is 0 Å². The first-order valence-electron chi connectivity index (χ1n) is 13.5. The van der Waals surface area contributed by atoms with Crippen LogP contribution in [0.3, 0.4) is 0 Å². The highest BCUT2D eigenvalue weighted by Crippen LogP contribution is 2.63. The summed E-state index contributed by atoms with van der Waals surface area (Å²) in [7, 11) is 0. The molecule has 1 saturated heterocycles. The number of aliphatic hydroxyl groups is 1. The maximum Gasteiger partial charge on any atom is 0.303 e. The number of fused-ring (bicyclic) bond motifs is 3. The van der Waals surface area contributed by atoms with Gasteiger partial charge >= 0.3 is 11.9 Å². The minimum atomic E-state index is -1.16. The van der Waals surface area contributed by atoms with Gasteiger partial charge in [-0.1, -0.05) is 44.9 Å². The third-order valence-electron chi connectivity index (χ3n) is 9.69. The highest BCUT2D eigenvalue weighted by molar-refractivity contribution is 5.66. The van der Waals surface area contributed by atoms with E-state index < -0.39 is 36.5 Å². The molecule has 3 aliphatic carbocycles. The van der Waals surface area contributed by atoms with Crippen LogP contribution < -0.4 is 0 Å². The van der Waals surface area contributed by atoms with Crippen LogP contribution in [0.2, 0.25) is 0 Å². The molecule has 0 spiro atoms. The smallest absolute Gasteiger partial charge is 0.303 e. The van der Waals surface area contributed by atoms with Gasteiger partial charge in [-0.05, 0) is 61.2 Å². The number of aliphatic hydroxyl groups excluding tert-OH is 1. The van der Waals surface area contributed by atoms with Crippen molar-refractivity contribution in [3.8, 4) is 0 Å². The molecule has 0 aromatic heterocycles. The van der Waals surface area contributed by atoms with Crippen LogP contribution in [0.25, 0.3) is 0 Å². The molecular formula is C29H44O7. The number of hydrogen-bond acceptors (Lipinski definition) is 7. The van der Waals surface area contributed by atoms with Crippen LogP contribution in [0.15, 0.2) is 24.3 Å². The van der Waals surface area contributed by atoms with E-state index in [1.807, 2.05) is 0 Å². The molecule has 7 heteroatoms. The average Bonchev–Trinajstić information content (AvgIpc) is 3.11. The highest BCUT2D eigenvalue weighted by Gasteiger charge is 2.54. The van der Waals surface area contributed by atoms with Gasteiger partial charge in [0.05, 0.1) is 6.61 Å². The van der Waals surface area contributed by atoms with Crippen LogP contribution in [0, 0.1) is 28.1 Å². The Morgan fingerprint density at radius 3 is 2.61 bits per heavy atom. The predicted molar refractivity (Wildman–Crippen MR) is 135 cm³/mol. The zero-order valence-electron chi connectivity index (χ0n) is 22.6. The monoisotopic (exact) mass is 504 g/mol. The largest absolute Gasteiger partial charge is 0.463 e. The van der Waals surface area contributed by atoms with Gasteiger partial charge in [-0.3, -0.25) is 9.59 Å². The minimum Gasteiger partial charge on any atom is -0.463 e. The summed E-state index contributed by atoms with van der Waals surface area (Å²) in [5.41, 5.74) is 1.86. The van der Waals surface area contributed by atoms with E-state index in [0.717, 1.165) is 19.3 Å². The van der Waals surface area contributed by atoms with Crippen molar-refractivity contribution in [1.82, 2.24) is 0 Å². The molecule has 0 bridgehead atoms. The van der Waals surface area contributed by atoms with Crippen LogP contribution >= 0.6 is 0 Å². The molecule has 4 rings (SSSR count).